The monoisotopic (exact) mass is 342 g/mol. The standard InChI is InChI=1S/C17H11ClN2O4/c18-13-14(19-11-8-6-10(7-9-11)17(23)24)16(22)20(15(13)21)12-4-2-1-3-5-12/h1-9,13H,(H,23,24). The summed E-state index contributed by atoms with van der Waals surface area (Å²) >= 11 is 6.06. The fourth-order valence-electron chi connectivity index (χ4n) is 2.30. The van der Waals surface area contributed by atoms with Crippen molar-refractivity contribution in [3.63, 3.8) is 0 Å². The molecule has 0 bridgehead atoms. The number of nitrogens with zero attached hydrogens (tertiary/aromatic N) is 2. The summed E-state index contributed by atoms with van der Waals surface area (Å²) in [6.45, 7) is 0. The van der Waals surface area contributed by atoms with E-state index in [9.17, 15) is 14.4 Å². The summed E-state index contributed by atoms with van der Waals surface area (Å²) in [7, 11) is 0. The van der Waals surface area contributed by atoms with Crippen LogP contribution in [0.4, 0.5) is 11.4 Å². The van der Waals surface area contributed by atoms with E-state index in [4.69, 9.17) is 16.7 Å². The van der Waals surface area contributed by atoms with Crippen LogP contribution < -0.4 is 4.90 Å². The molecule has 0 aliphatic carbocycles. The van der Waals surface area contributed by atoms with Crippen LogP contribution in [0, 0.1) is 0 Å². The average Bonchev–Trinajstić information content (AvgIpc) is 2.80. The van der Waals surface area contributed by atoms with Crippen LogP contribution in [0.5, 0.6) is 0 Å². The van der Waals surface area contributed by atoms with Gasteiger partial charge in [0.1, 0.15) is 5.71 Å². The number of carboxylic acids is 1. The van der Waals surface area contributed by atoms with E-state index in [1.165, 1.54) is 24.3 Å². The molecule has 120 valence electrons. The maximum atomic E-state index is 12.5. The van der Waals surface area contributed by atoms with Crippen LogP contribution in [0.15, 0.2) is 59.6 Å². The van der Waals surface area contributed by atoms with Crippen molar-refractivity contribution in [3.8, 4) is 0 Å². The molecule has 0 aromatic heterocycles. The minimum absolute atomic E-state index is 0.0893. The molecule has 1 aliphatic heterocycles. The topological polar surface area (TPSA) is 87.0 Å². The molecule has 2 aromatic rings. The first-order valence-electron chi connectivity index (χ1n) is 6.98. The highest BCUT2D eigenvalue weighted by Gasteiger charge is 2.44. The average molecular weight is 343 g/mol. The molecule has 2 aromatic carbocycles. The molecule has 1 unspecified atom stereocenters. The largest absolute Gasteiger partial charge is 0.478 e. The minimum Gasteiger partial charge on any atom is -0.478 e. The van der Waals surface area contributed by atoms with Crippen LogP contribution in [0.3, 0.4) is 0 Å². The molecule has 1 aliphatic rings. The molecule has 1 saturated heterocycles. The Bertz CT molecular complexity index is 847. The number of rotatable bonds is 3. The van der Waals surface area contributed by atoms with Crippen molar-refractivity contribution in [2.45, 2.75) is 5.38 Å². The molecule has 2 amide bonds. The second-order valence-corrected chi connectivity index (χ2v) is 5.46. The van der Waals surface area contributed by atoms with Crippen LogP contribution in [0.2, 0.25) is 0 Å². The molecule has 1 fully saturated rings. The number of imide groups is 1. The SMILES string of the molecule is O=C(O)c1ccc(N=C2C(=O)N(c3ccccc3)C(=O)C2Cl)cc1. The summed E-state index contributed by atoms with van der Waals surface area (Å²) in [6, 6.07) is 14.1. The van der Waals surface area contributed by atoms with Gasteiger partial charge in [-0.3, -0.25) is 9.59 Å². The van der Waals surface area contributed by atoms with Crippen molar-refractivity contribution in [2.75, 3.05) is 4.90 Å². The maximum Gasteiger partial charge on any atom is 0.335 e. The van der Waals surface area contributed by atoms with Crippen LogP contribution in [0.1, 0.15) is 10.4 Å². The first-order chi connectivity index (χ1) is 11.5. The number of aliphatic imine (C=N–C) groups is 1. The highest BCUT2D eigenvalue weighted by Crippen LogP contribution is 2.26. The Kier molecular flexibility index (Phi) is 4.14. The van der Waals surface area contributed by atoms with Crippen molar-refractivity contribution < 1.29 is 19.5 Å². The minimum atomic E-state index is -1.18. The second kappa shape index (κ2) is 6.25. The predicted octanol–water partition coefficient (Wildman–Crippen LogP) is 2.64. The van der Waals surface area contributed by atoms with Crippen molar-refractivity contribution in [1.82, 2.24) is 0 Å². The number of amides is 2. The van der Waals surface area contributed by atoms with E-state index in [0.717, 1.165) is 4.90 Å². The van der Waals surface area contributed by atoms with E-state index >= 15 is 0 Å². The van der Waals surface area contributed by atoms with Crippen LogP contribution >= 0.6 is 11.6 Å². The Hall–Kier alpha value is -2.99. The highest BCUT2D eigenvalue weighted by molar-refractivity contribution is 6.68. The quantitative estimate of drug-likeness (QED) is 0.686. The molecular formula is C17H11ClN2O4. The first-order valence-corrected chi connectivity index (χ1v) is 7.42. The maximum absolute atomic E-state index is 12.5. The van der Waals surface area contributed by atoms with Gasteiger partial charge < -0.3 is 5.11 Å². The lowest BCUT2D eigenvalue weighted by atomic mass is 10.2. The van der Waals surface area contributed by atoms with Gasteiger partial charge in [-0.25, -0.2) is 14.7 Å². The van der Waals surface area contributed by atoms with Gasteiger partial charge in [0.25, 0.3) is 11.8 Å². The lowest BCUT2D eigenvalue weighted by Crippen LogP contribution is -2.31. The van der Waals surface area contributed by atoms with E-state index < -0.39 is 23.2 Å². The Labute approximate surface area is 142 Å². The first kappa shape index (κ1) is 15.9. The van der Waals surface area contributed by atoms with Gasteiger partial charge >= 0.3 is 5.97 Å². The number of hydrogen-bond donors (Lipinski definition) is 1. The van der Waals surface area contributed by atoms with Gasteiger partial charge in [-0.2, -0.15) is 0 Å². The van der Waals surface area contributed by atoms with Gasteiger partial charge in [-0.15, -0.1) is 11.6 Å². The summed E-state index contributed by atoms with van der Waals surface area (Å²) in [6.07, 6.45) is 0. The van der Waals surface area contributed by atoms with Crippen molar-refractivity contribution in [2.24, 2.45) is 4.99 Å². The number of carboxylic acid groups (broad SMARTS) is 1. The molecule has 0 saturated carbocycles. The van der Waals surface area contributed by atoms with Gasteiger partial charge in [0.15, 0.2) is 5.38 Å². The number of benzene rings is 2. The lowest BCUT2D eigenvalue weighted by Gasteiger charge is -2.12. The molecule has 1 heterocycles. The fourth-order valence-corrected chi connectivity index (χ4v) is 2.54. The third-order valence-corrected chi connectivity index (χ3v) is 3.87. The van der Waals surface area contributed by atoms with Crippen molar-refractivity contribution in [3.05, 3.63) is 60.2 Å². The number of carbonyl (C=O) groups is 3. The van der Waals surface area contributed by atoms with Gasteiger partial charge in [-0.05, 0) is 36.4 Å². The number of halogens is 1. The number of aromatic carboxylic acids is 1. The zero-order chi connectivity index (χ0) is 17.3. The van der Waals surface area contributed by atoms with Crippen LogP contribution in [0.25, 0.3) is 0 Å². The zero-order valence-corrected chi connectivity index (χ0v) is 13.0. The van der Waals surface area contributed by atoms with Gasteiger partial charge in [0.05, 0.1) is 16.9 Å². The molecule has 6 nitrogen and oxygen atoms in total. The highest BCUT2D eigenvalue weighted by atomic mass is 35.5. The molecule has 1 atom stereocenters. The molecular weight excluding hydrogens is 332 g/mol. The number of para-hydroxylation sites is 1. The molecule has 0 radical (unpaired) electrons. The Morgan fingerprint density at radius 3 is 2.25 bits per heavy atom. The van der Waals surface area contributed by atoms with Gasteiger partial charge in [0.2, 0.25) is 0 Å². The summed E-state index contributed by atoms with van der Waals surface area (Å²) in [5.41, 5.74) is 0.774. The second-order valence-electron chi connectivity index (χ2n) is 5.03. The third kappa shape index (κ3) is 2.79. The zero-order valence-electron chi connectivity index (χ0n) is 12.2. The summed E-state index contributed by atoms with van der Waals surface area (Å²) < 4.78 is 0. The van der Waals surface area contributed by atoms with Crippen LogP contribution in [-0.4, -0.2) is 34.0 Å². The van der Waals surface area contributed by atoms with Gasteiger partial charge in [-0.1, -0.05) is 18.2 Å². The van der Waals surface area contributed by atoms with Crippen molar-refractivity contribution in [1.29, 1.82) is 0 Å². The van der Waals surface area contributed by atoms with Crippen LogP contribution in [-0.2, 0) is 9.59 Å². The molecule has 24 heavy (non-hydrogen) atoms. The van der Waals surface area contributed by atoms with E-state index in [0.29, 0.717) is 11.4 Å². The summed E-state index contributed by atoms with van der Waals surface area (Å²) in [5.74, 6) is -2.21. The Morgan fingerprint density at radius 1 is 1.04 bits per heavy atom. The lowest BCUT2D eigenvalue weighted by molar-refractivity contribution is -0.120. The predicted molar refractivity (Wildman–Crippen MR) is 89.1 cm³/mol. The molecule has 7 heteroatoms. The fraction of sp³-hybridized carbons (Fsp3) is 0.0588. The van der Waals surface area contributed by atoms with Gasteiger partial charge in [0, 0.05) is 0 Å². The number of carbonyl (C=O) groups excluding carboxylic acids is 2. The number of alkyl halides is 1. The van der Waals surface area contributed by atoms with Crippen molar-refractivity contribution >= 4 is 46.5 Å². The van der Waals surface area contributed by atoms with E-state index in [-0.39, 0.29) is 11.3 Å². The van der Waals surface area contributed by atoms with E-state index in [2.05, 4.69) is 4.99 Å². The number of hydrogen-bond acceptors (Lipinski definition) is 4. The molecule has 3 rings (SSSR count). The smallest absolute Gasteiger partial charge is 0.335 e. The third-order valence-electron chi connectivity index (χ3n) is 3.48. The summed E-state index contributed by atoms with van der Waals surface area (Å²) in [4.78, 5) is 40.7. The van der Waals surface area contributed by atoms with E-state index in [1.54, 1.807) is 30.3 Å². The molecule has 1 N–H and O–H groups in total. The Morgan fingerprint density at radius 2 is 1.67 bits per heavy atom. The normalized spacial score (nSPS) is 19.1. The van der Waals surface area contributed by atoms with E-state index in [1.807, 2.05) is 0 Å². The number of anilines is 1. The summed E-state index contributed by atoms with van der Waals surface area (Å²) in [5, 5.41) is 7.69. The Balaban J connectivity index is 1.95. The molecule has 0 spiro atoms.